The zero-order chi connectivity index (χ0) is 17.7. The first-order valence-corrected chi connectivity index (χ1v) is 8.21. The fourth-order valence-corrected chi connectivity index (χ4v) is 3.07. The Hall–Kier alpha value is -1.75. The summed E-state index contributed by atoms with van der Waals surface area (Å²) in [5, 5.41) is 21.2. The summed E-state index contributed by atoms with van der Waals surface area (Å²) in [6.07, 6.45) is 1.27. The Balaban J connectivity index is 2.47. The van der Waals surface area contributed by atoms with Gasteiger partial charge in [0, 0.05) is 0 Å². The lowest BCUT2D eigenvalue weighted by molar-refractivity contribution is 0.0640. The van der Waals surface area contributed by atoms with E-state index < -0.39 is 5.60 Å². The second kappa shape index (κ2) is 7.88. The van der Waals surface area contributed by atoms with E-state index in [2.05, 4.69) is 4.90 Å². The summed E-state index contributed by atoms with van der Waals surface area (Å²) < 4.78 is 13.3. The second-order valence-electron chi connectivity index (χ2n) is 6.59. The van der Waals surface area contributed by atoms with Crippen LogP contribution in [0.4, 0.5) is 4.39 Å². The maximum atomic E-state index is 13.3. The number of nitrogens with zero attached hydrogens (tertiary/aromatic N) is 1. The molecule has 2 aromatic rings. The van der Waals surface area contributed by atoms with Gasteiger partial charge in [-0.3, -0.25) is 0 Å². The van der Waals surface area contributed by atoms with Crippen molar-refractivity contribution in [3.63, 3.8) is 0 Å². The molecule has 0 saturated heterocycles. The minimum Gasteiger partial charge on any atom is -0.392 e. The van der Waals surface area contributed by atoms with E-state index in [9.17, 15) is 14.6 Å². The van der Waals surface area contributed by atoms with E-state index in [-0.39, 0.29) is 12.4 Å². The van der Waals surface area contributed by atoms with E-state index >= 15 is 0 Å². The molecule has 24 heavy (non-hydrogen) atoms. The van der Waals surface area contributed by atoms with Crippen LogP contribution in [0.2, 0.25) is 0 Å². The van der Waals surface area contributed by atoms with Crippen LogP contribution in [0.25, 0.3) is 0 Å². The van der Waals surface area contributed by atoms with Crippen LogP contribution in [-0.2, 0) is 12.2 Å². The molecule has 0 bridgehead atoms. The molecule has 0 fully saturated rings. The highest BCUT2D eigenvalue weighted by molar-refractivity contribution is 5.42. The van der Waals surface area contributed by atoms with Crippen LogP contribution in [-0.4, -0.2) is 35.8 Å². The Morgan fingerprint density at radius 1 is 1.08 bits per heavy atom. The first kappa shape index (κ1) is 18.6. The Labute approximate surface area is 143 Å². The highest BCUT2D eigenvalue weighted by atomic mass is 19.1. The van der Waals surface area contributed by atoms with Crippen molar-refractivity contribution in [2.24, 2.45) is 0 Å². The summed E-state index contributed by atoms with van der Waals surface area (Å²) in [5.74, 6) is -0.333. The van der Waals surface area contributed by atoms with Crippen LogP contribution in [0, 0.1) is 12.7 Å². The van der Waals surface area contributed by atoms with E-state index in [0.717, 1.165) is 18.5 Å². The van der Waals surface area contributed by atoms with Crippen molar-refractivity contribution in [3.05, 3.63) is 70.5 Å². The van der Waals surface area contributed by atoms with Gasteiger partial charge in [0.2, 0.25) is 0 Å². The number of aliphatic hydroxyl groups excluding tert-OH is 1. The molecule has 0 saturated carbocycles. The van der Waals surface area contributed by atoms with Crippen molar-refractivity contribution in [2.45, 2.75) is 32.0 Å². The van der Waals surface area contributed by atoms with Crippen LogP contribution < -0.4 is 0 Å². The van der Waals surface area contributed by atoms with Crippen LogP contribution in [0.1, 0.15) is 35.1 Å². The van der Waals surface area contributed by atoms with Crippen molar-refractivity contribution in [1.82, 2.24) is 4.90 Å². The highest BCUT2D eigenvalue weighted by Crippen LogP contribution is 2.36. The SMILES string of the molecule is Cc1ccc(C(O)(CCCN(C)C)c2ccc(F)cc2)c(CO)c1. The molecule has 4 heteroatoms. The molecule has 1 unspecified atom stereocenters. The third-order valence-corrected chi connectivity index (χ3v) is 4.34. The normalized spacial score (nSPS) is 14.0. The predicted octanol–water partition coefficient (Wildman–Crippen LogP) is 3.20. The lowest BCUT2D eigenvalue weighted by Crippen LogP contribution is -2.30. The molecule has 0 spiro atoms. The molecule has 2 N–H and O–H groups in total. The lowest BCUT2D eigenvalue weighted by Gasteiger charge is -2.32. The van der Waals surface area contributed by atoms with E-state index in [1.54, 1.807) is 12.1 Å². The van der Waals surface area contributed by atoms with Crippen molar-refractivity contribution >= 4 is 0 Å². The minimum atomic E-state index is -1.25. The van der Waals surface area contributed by atoms with Crippen LogP contribution in [0.15, 0.2) is 42.5 Å². The summed E-state index contributed by atoms with van der Waals surface area (Å²) in [7, 11) is 3.98. The Morgan fingerprint density at radius 2 is 1.75 bits per heavy atom. The predicted molar refractivity (Wildman–Crippen MR) is 94.3 cm³/mol. The lowest BCUT2D eigenvalue weighted by atomic mass is 9.80. The summed E-state index contributed by atoms with van der Waals surface area (Å²) in [6.45, 7) is 2.64. The smallest absolute Gasteiger partial charge is 0.123 e. The Morgan fingerprint density at radius 3 is 2.33 bits per heavy atom. The number of hydrogen-bond acceptors (Lipinski definition) is 3. The van der Waals surface area contributed by atoms with Gasteiger partial charge in [-0.15, -0.1) is 0 Å². The zero-order valence-electron chi connectivity index (χ0n) is 14.6. The first-order valence-electron chi connectivity index (χ1n) is 8.21. The molecule has 130 valence electrons. The van der Waals surface area contributed by atoms with Crippen molar-refractivity contribution in [1.29, 1.82) is 0 Å². The maximum absolute atomic E-state index is 13.3. The third kappa shape index (κ3) is 4.20. The quantitative estimate of drug-likeness (QED) is 0.819. The van der Waals surface area contributed by atoms with Gasteiger partial charge in [-0.25, -0.2) is 4.39 Å². The minimum absolute atomic E-state index is 0.145. The second-order valence-corrected chi connectivity index (χ2v) is 6.59. The molecule has 0 heterocycles. The van der Waals surface area contributed by atoms with E-state index in [1.165, 1.54) is 12.1 Å². The topological polar surface area (TPSA) is 43.7 Å². The molecule has 0 amide bonds. The van der Waals surface area contributed by atoms with Crippen LogP contribution in [0.3, 0.4) is 0 Å². The average Bonchev–Trinajstić information content (AvgIpc) is 2.54. The van der Waals surface area contributed by atoms with E-state index in [4.69, 9.17) is 0 Å². The van der Waals surface area contributed by atoms with Gasteiger partial charge in [0.05, 0.1) is 6.61 Å². The Kier molecular flexibility index (Phi) is 6.10. The number of rotatable bonds is 7. The summed E-state index contributed by atoms with van der Waals surface area (Å²) in [6, 6.07) is 11.6. The van der Waals surface area contributed by atoms with Gasteiger partial charge in [0.1, 0.15) is 11.4 Å². The Bertz CT molecular complexity index is 670. The molecular formula is C20H26FNO2. The summed E-state index contributed by atoms with van der Waals surface area (Å²) in [4.78, 5) is 2.06. The van der Waals surface area contributed by atoms with Crippen molar-refractivity contribution in [3.8, 4) is 0 Å². The molecule has 2 rings (SSSR count). The molecule has 0 aliphatic rings. The average molecular weight is 331 g/mol. The van der Waals surface area contributed by atoms with Gasteiger partial charge in [-0.2, -0.15) is 0 Å². The van der Waals surface area contributed by atoms with E-state index in [0.29, 0.717) is 23.1 Å². The van der Waals surface area contributed by atoms with E-state index in [1.807, 2.05) is 39.2 Å². The molecule has 1 atom stereocenters. The van der Waals surface area contributed by atoms with Crippen molar-refractivity contribution < 1.29 is 14.6 Å². The fraction of sp³-hybridized carbons (Fsp3) is 0.400. The largest absolute Gasteiger partial charge is 0.392 e. The number of hydrogen-bond donors (Lipinski definition) is 2. The summed E-state index contributed by atoms with van der Waals surface area (Å²) in [5.41, 5.74) is 1.79. The fourth-order valence-electron chi connectivity index (χ4n) is 3.07. The van der Waals surface area contributed by atoms with Gasteiger partial charge >= 0.3 is 0 Å². The molecule has 3 nitrogen and oxygen atoms in total. The molecule has 2 aromatic carbocycles. The van der Waals surface area contributed by atoms with Gasteiger partial charge in [-0.1, -0.05) is 35.9 Å². The molecule has 0 aliphatic heterocycles. The van der Waals surface area contributed by atoms with Gasteiger partial charge in [0.15, 0.2) is 0 Å². The summed E-state index contributed by atoms with van der Waals surface area (Å²) >= 11 is 0. The van der Waals surface area contributed by atoms with Gasteiger partial charge < -0.3 is 15.1 Å². The monoisotopic (exact) mass is 331 g/mol. The number of halogens is 1. The standard InChI is InChI=1S/C20H26FNO2/c1-15-5-10-19(16(13-15)14-23)20(24,11-4-12-22(2)3)17-6-8-18(21)9-7-17/h5-10,13,23-24H,4,11-12,14H2,1-3H3. The number of aryl methyl sites for hydroxylation is 1. The zero-order valence-corrected chi connectivity index (χ0v) is 14.6. The van der Waals surface area contributed by atoms with Crippen LogP contribution in [0.5, 0.6) is 0 Å². The molecule has 0 radical (unpaired) electrons. The molecular weight excluding hydrogens is 305 g/mol. The third-order valence-electron chi connectivity index (χ3n) is 4.34. The highest BCUT2D eigenvalue weighted by Gasteiger charge is 2.33. The molecule has 0 aromatic heterocycles. The molecule has 0 aliphatic carbocycles. The number of benzene rings is 2. The van der Waals surface area contributed by atoms with Gasteiger partial charge in [-0.05, 0) is 69.2 Å². The maximum Gasteiger partial charge on any atom is 0.123 e. The van der Waals surface area contributed by atoms with Gasteiger partial charge in [0.25, 0.3) is 0 Å². The van der Waals surface area contributed by atoms with Crippen molar-refractivity contribution in [2.75, 3.05) is 20.6 Å². The number of aliphatic hydroxyl groups is 2. The van der Waals surface area contributed by atoms with Crippen LogP contribution >= 0.6 is 0 Å². The first-order chi connectivity index (χ1) is 11.4.